The molecule has 4 aromatic rings. The topological polar surface area (TPSA) is 51.7 Å². The first-order valence-corrected chi connectivity index (χ1v) is 11.4. The van der Waals surface area contributed by atoms with Gasteiger partial charge in [0.15, 0.2) is 10.9 Å². The van der Waals surface area contributed by atoms with Gasteiger partial charge in [0.25, 0.3) is 5.91 Å². The number of anilines is 1. The van der Waals surface area contributed by atoms with Crippen LogP contribution in [0.15, 0.2) is 66.7 Å². The molecule has 1 unspecified atom stereocenters. The molecule has 33 heavy (non-hydrogen) atoms. The average Bonchev–Trinajstić information content (AvgIpc) is 3.48. The van der Waals surface area contributed by atoms with Crippen LogP contribution in [0.2, 0.25) is 0 Å². The summed E-state index contributed by atoms with van der Waals surface area (Å²) in [5, 5.41) is 0.305. The lowest BCUT2D eigenvalue weighted by atomic mass is 10.1. The summed E-state index contributed by atoms with van der Waals surface area (Å²) in [4.78, 5) is 19.3. The number of hydrogen-bond donors (Lipinski definition) is 0. The van der Waals surface area contributed by atoms with Gasteiger partial charge >= 0.3 is 0 Å². The Kier molecular flexibility index (Phi) is 6.02. The molecule has 0 N–H and O–H groups in total. The van der Waals surface area contributed by atoms with Gasteiger partial charge in [-0.2, -0.15) is 0 Å². The normalized spacial score (nSPS) is 15.6. The molecule has 0 bridgehead atoms. The van der Waals surface area contributed by atoms with Crippen molar-refractivity contribution < 1.29 is 23.0 Å². The molecule has 5 nitrogen and oxygen atoms in total. The minimum Gasteiger partial charge on any atom is -0.457 e. The number of carbonyl (C=O) groups excluding carboxylic acids is 1. The smallest absolute Gasteiger partial charge is 0.260 e. The van der Waals surface area contributed by atoms with Gasteiger partial charge in [0.2, 0.25) is 0 Å². The molecule has 1 fully saturated rings. The molecule has 1 aliphatic heterocycles. The molecular weight excluding hydrogens is 446 g/mol. The maximum Gasteiger partial charge on any atom is 0.260 e. The molecular formula is C25H20F2N2O3S. The summed E-state index contributed by atoms with van der Waals surface area (Å²) in [7, 11) is 0. The summed E-state index contributed by atoms with van der Waals surface area (Å²) in [6, 6.07) is 18.2. The molecule has 1 amide bonds. The molecule has 168 valence electrons. The highest BCUT2D eigenvalue weighted by Gasteiger charge is 2.27. The van der Waals surface area contributed by atoms with Gasteiger partial charge < -0.3 is 9.47 Å². The Balaban J connectivity index is 1.43. The molecule has 1 aliphatic rings. The van der Waals surface area contributed by atoms with E-state index in [-0.39, 0.29) is 24.1 Å². The van der Waals surface area contributed by atoms with Crippen LogP contribution in [-0.4, -0.2) is 30.1 Å². The van der Waals surface area contributed by atoms with Gasteiger partial charge in [0, 0.05) is 18.2 Å². The van der Waals surface area contributed by atoms with Gasteiger partial charge in [-0.15, -0.1) is 0 Å². The molecule has 0 radical (unpaired) electrons. The summed E-state index contributed by atoms with van der Waals surface area (Å²) >= 11 is 1.08. The molecule has 0 aliphatic carbocycles. The van der Waals surface area contributed by atoms with Gasteiger partial charge in [-0.25, -0.2) is 13.8 Å². The molecule has 1 saturated heterocycles. The lowest BCUT2D eigenvalue weighted by molar-refractivity contribution is 0.0917. The Bertz CT molecular complexity index is 1270. The van der Waals surface area contributed by atoms with Crippen LogP contribution in [-0.2, 0) is 4.74 Å². The largest absolute Gasteiger partial charge is 0.457 e. The summed E-state index contributed by atoms with van der Waals surface area (Å²) < 4.78 is 39.8. The van der Waals surface area contributed by atoms with E-state index in [1.54, 1.807) is 24.3 Å². The highest BCUT2D eigenvalue weighted by atomic mass is 32.1. The van der Waals surface area contributed by atoms with Crippen LogP contribution in [0.3, 0.4) is 0 Å². The number of para-hydroxylation sites is 1. The molecule has 3 aromatic carbocycles. The Morgan fingerprint density at radius 2 is 1.85 bits per heavy atom. The van der Waals surface area contributed by atoms with Crippen LogP contribution in [0.1, 0.15) is 23.2 Å². The predicted molar refractivity (Wildman–Crippen MR) is 123 cm³/mol. The zero-order chi connectivity index (χ0) is 22.8. The van der Waals surface area contributed by atoms with Gasteiger partial charge in [0.1, 0.15) is 22.8 Å². The second-order valence-corrected chi connectivity index (χ2v) is 8.73. The van der Waals surface area contributed by atoms with Crippen LogP contribution in [0, 0.1) is 11.6 Å². The van der Waals surface area contributed by atoms with Crippen molar-refractivity contribution in [1.82, 2.24) is 4.98 Å². The highest BCUT2D eigenvalue weighted by Crippen LogP contribution is 2.33. The second kappa shape index (κ2) is 9.25. The van der Waals surface area contributed by atoms with Crippen molar-refractivity contribution in [2.24, 2.45) is 0 Å². The van der Waals surface area contributed by atoms with Crippen LogP contribution < -0.4 is 9.64 Å². The van der Waals surface area contributed by atoms with Crippen LogP contribution in [0.25, 0.3) is 10.2 Å². The van der Waals surface area contributed by atoms with E-state index in [0.29, 0.717) is 33.5 Å². The predicted octanol–water partition coefficient (Wildman–Crippen LogP) is 6.19. The molecule has 2 heterocycles. The van der Waals surface area contributed by atoms with Crippen molar-refractivity contribution in [1.29, 1.82) is 0 Å². The minimum absolute atomic E-state index is 0.0492. The zero-order valence-corrected chi connectivity index (χ0v) is 18.4. The van der Waals surface area contributed by atoms with E-state index in [4.69, 9.17) is 9.47 Å². The average molecular weight is 467 g/mol. The van der Waals surface area contributed by atoms with E-state index in [1.807, 2.05) is 30.3 Å². The van der Waals surface area contributed by atoms with E-state index >= 15 is 0 Å². The van der Waals surface area contributed by atoms with Crippen LogP contribution in [0.5, 0.6) is 11.5 Å². The summed E-state index contributed by atoms with van der Waals surface area (Å²) in [5.74, 6) is -0.432. The van der Waals surface area contributed by atoms with E-state index in [1.165, 1.54) is 11.0 Å². The number of carbonyl (C=O) groups is 1. The Morgan fingerprint density at radius 1 is 1.09 bits per heavy atom. The van der Waals surface area contributed by atoms with Gasteiger partial charge in [-0.1, -0.05) is 29.5 Å². The third-order valence-corrected chi connectivity index (χ3v) is 6.39. The molecule has 0 saturated carbocycles. The van der Waals surface area contributed by atoms with Crippen molar-refractivity contribution in [3.63, 3.8) is 0 Å². The lowest BCUT2D eigenvalue weighted by Crippen LogP contribution is -2.37. The van der Waals surface area contributed by atoms with E-state index in [9.17, 15) is 13.6 Å². The summed E-state index contributed by atoms with van der Waals surface area (Å²) in [6.07, 6.45) is 1.60. The number of aromatic nitrogens is 1. The summed E-state index contributed by atoms with van der Waals surface area (Å²) in [5.41, 5.74) is 0.479. The first-order chi connectivity index (χ1) is 16.1. The lowest BCUT2D eigenvalue weighted by Gasteiger charge is -2.23. The molecule has 5 rings (SSSR count). The maximum absolute atomic E-state index is 14.2. The number of amides is 1. The molecule has 1 atom stereocenters. The first kappa shape index (κ1) is 21.5. The van der Waals surface area contributed by atoms with Crippen molar-refractivity contribution >= 4 is 32.6 Å². The number of nitrogens with zero attached hydrogens (tertiary/aromatic N) is 2. The van der Waals surface area contributed by atoms with E-state index in [0.717, 1.165) is 30.2 Å². The number of thiazole rings is 1. The number of benzene rings is 3. The number of rotatable bonds is 6. The van der Waals surface area contributed by atoms with Crippen molar-refractivity contribution in [2.45, 2.75) is 18.9 Å². The van der Waals surface area contributed by atoms with Crippen LogP contribution in [0.4, 0.5) is 13.9 Å². The number of fused-ring (bicyclic) bond motifs is 1. The minimum atomic E-state index is -0.751. The standard InChI is InChI=1S/C25H20F2N2O3S/c26-17-13-21(27)23-22(14-17)33-25(28-23)29(15-20-7-4-12-31-20)24(30)16-8-10-19(11-9-16)32-18-5-2-1-3-6-18/h1-3,5-6,8-11,13-14,20H,4,7,12,15H2. The molecule has 8 heteroatoms. The monoisotopic (exact) mass is 466 g/mol. The van der Waals surface area contributed by atoms with E-state index < -0.39 is 11.6 Å². The fourth-order valence-corrected chi connectivity index (χ4v) is 4.76. The zero-order valence-electron chi connectivity index (χ0n) is 17.5. The fraction of sp³-hybridized carbons (Fsp3) is 0.200. The van der Waals surface area contributed by atoms with Crippen molar-refractivity contribution in [3.8, 4) is 11.5 Å². The number of halogens is 2. The Labute approximate surface area is 193 Å². The first-order valence-electron chi connectivity index (χ1n) is 10.6. The van der Waals surface area contributed by atoms with Crippen molar-refractivity contribution in [3.05, 3.63) is 83.9 Å². The van der Waals surface area contributed by atoms with Gasteiger partial charge in [0.05, 0.1) is 17.3 Å². The number of ether oxygens (including phenoxy) is 2. The van der Waals surface area contributed by atoms with Crippen LogP contribution >= 0.6 is 11.3 Å². The Morgan fingerprint density at radius 3 is 2.58 bits per heavy atom. The third kappa shape index (κ3) is 4.72. The van der Waals surface area contributed by atoms with E-state index in [2.05, 4.69) is 4.98 Å². The molecule has 0 spiro atoms. The molecule has 1 aromatic heterocycles. The second-order valence-electron chi connectivity index (χ2n) is 7.72. The number of hydrogen-bond acceptors (Lipinski definition) is 5. The fourth-order valence-electron chi connectivity index (χ4n) is 3.75. The maximum atomic E-state index is 14.2. The van der Waals surface area contributed by atoms with Gasteiger partial charge in [-0.05, 0) is 55.3 Å². The quantitative estimate of drug-likeness (QED) is 0.340. The highest BCUT2D eigenvalue weighted by molar-refractivity contribution is 7.22. The van der Waals surface area contributed by atoms with Crippen molar-refractivity contribution in [2.75, 3.05) is 18.1 Å². The SMILES string of the molecule is O=C(c1ccc(Oc2ccccc2)cc1)N(CC1CCCO1)c1nc2c(F)cc(F)cc2s1. The third-order valence-electron chi connectivity index (χ3n) is 5.37. The summed E-state index contributed by atoms with van der Waals surface area (Å²) in [6.45, 7) is 0.920. The van der Waals surface area contributed by atoms with Gasteiger partial charge in [-0.3, -0.25) is 9.69 Å². The Hall–Kier alpha value is -3.36.